The number of rotatable bonds is 2. The molecule has 1 nitrogen and oxygen atoms in total. The van der Waals surface area contributed by atoms with Crippen molar-refractivity contribution in [3.8, 4) is 0 Å². The van der Waals surface area contributed by atoms with E-state index in [1.165, 1.54) is 12.1 Å². The molecular formula is C22H27F3OS. The number of aliphatic hydroxyl groups is 1. The molecule has 1 aromatic rings. The van der Waals surface area contributed by atoms with Gasteiger partial charge in [0, 0.05) is 16.9 Å². The van der Waals surface area contributed by atoms with Gasteiger partial charge in [-0.05, 0) is 46.1 Å². The van der Waals surface area contributed by atoms with Crippen molar-refractivity contribution in [3.05, 3.63) is 57.9 Å². The number of halogens is 3. The van der Waals surface area contributed by atoms with Gasteiger partial charge in [0.25, 0.3) is 0 Å². The van der Waals surface area contributed by atoms with Crippen molar-refractivity contribution in [2.45, 2.75) is 60.6 Å². The minimum Gasteiger partial charge on any atom is -0.508 e. The number of benzene rings is 1. The average molecular weight is 397 g/mol. The number of alkyl halides is 3. The van der Waals surface area contributed by atoms with E-state index in [4.69, 9.17) is 12.2 Å². The summed E-state index contributed by atoms with van der Waals surface area (Å²) in [6.45, 7) is 12.2. The van der Waals surface area contributed by atoms with E-state index in [0.717, 1.165) is 39.3 Å². The Hall–Kier alpha value is -1.62. The molecule has 1 N–H and O–H groups in total. The summed E-state index contributed by atoms with van der Waals surface area (Å²) in [4.78, 5) is 0.752. The van der Waals surface area contributed by atoms with Crippen molar-refractivity contribution in [2.24, 2.45) is 10.8 Å². The van der Waals surface area contributed by atoms with Crippen molar-refractivity contribution >= 4 is 17.1 Å². The van der Waals surface area contributed by atoms with Crippen LogP contribution in [-0.2, 0) is 12.6 Å². The van der Waals surface area contributed by atoms with Crippen molar-refractivity contribution in [2.75, 3.05) is 0 Å². The van der Waals surface area contributed by atoms with Crippen LogP contribution < -0.4 is 0 Å². The summed E-state index contributed by atoms with van der Waals surface area (Å²) in [6, 6.07) is 5.15. The summed E-state index contributed by atoms with van der Waals surface area (Å²) >= 11 is 5.67. The maximum atomic E-state index is 12.8. The molecule has 148 valence electrons. The van der Waals surface area contributed by atoms with Gasteiger partial charge in [0.2, 0.25) is 0 Å². The molecule has 0 amide bonds. The van der Waals surface area contributed by atoms with E-state index in [9.17, 15) is 18.3 Å². The highest BCUT2D eigenvalue weighted by Gasteiger charge is 2.36. The highest BCUT2D eigenvalue weighted by molar-refractivity contribution is 7.80. The van der Waals surface area contributed by atoms with Crippen LogP contribution in [0.15, 0.2) is 46.7 Å². The predicted molar refractivity (Wildman–Crippen MR) is 108 cm³/mol. The normalized spacial score (nSPS) is 17.0. The van der Waals surface area contributed by atoms with Gasteiger partial charge in [0.15, 0.2) is 0 Å². The van der Waals surface area contributed by atoms with Gasteiger partial charge in [-0.2, -0.15) is 13.2 Å². The highest BCUT2D eigenvalue weighted by Crippen LogP contribution is 2.45. The summed E-state index contributed by atoms with van der Waals surface area (Å²) in [7, 11) is 0. The first kappa shape index (κ1) is 21.7. The Bertz CT molecular complexity index is 798. The van der Waals surface area contributed by atoms with E-state index < -0.39 is 11.7 Å². The largest absolute Gasteiger partial charge is 0.508 e. The van der Waals surface area contributed by atoms with E-state index in [2.05, 4.69) is 0 Å². The van der Waals surface area contributed by atoms with E-state index >= 15 is 0 Å². The molecule has 5 heteroatoms. The Labute approximate surface area is 165 Å². The zero-order chi connectivity index (χ0) is 20.8. The topological polar surface area (TPSA) is 20.2 Å². The van der Waals surface area contributed by atoms with Gasteiger partial charge in [-0.25, -0.2) is 0 Å². The molecule has 1 aliphatic carbocycles. The van der Waals surface area contributed by atoms with Crippen LogP contribution in [0.25, 0.3) is 0 Å². The SMILES string of the molecule is CC(C)(C)C1=C(O)C(C(C)(C)C)=C(Cc2ccc(C(F)(F)F)cc2)C(=S)C1. The first-order valence-electron chi connectivity index (χ1n) is 8.98. The molecule has 0 aromatic heterocycles. The minimum atomic E-state index is -4.35. The van der Waals surface area contributed by atoms with Crippen molar-refractivity contribution < 1.29 is 18.3 Å². The van der Waals surface area contributed by atoms with Crippen LogP contribution in [0.1, 0.15) is 59.1 Å². The maximum Gasteiger partial charge on any atom is 0.416 e. The number of thiocarbonyl (C=S) groups is 1. The third-order valence-electron chi connectivity index (χ3n) is 4.82. The Morgan fingerprint density at radius 1 is 0.926 bits per heavy atom. The fourth-order valence-electron chi connectivity index (χ4n) is 3.42. The molecule has 0 saturated carbocycles. The molecule has 0 fully saturated rings. The fourth-order valence-corrected chi connectivity index (χ4v) is 3.73. The lowest BCUT2D eigenvalue weighted by molar-refractivity contribution is -0.137. The Morgan fingerprint density at radius 3 is 1.85 bits per heavy atom. The van der Waals surface area contributed by atoms with Crippen molar-refractivity contribution in [3.63, 3.8) is 0 Å². The van der Waals surface area contributed by atoms with Crippen LogP contribution in [0.4, 0.5) is 13.2 Å². The molecule has 27 heavy (non-hydrogen) atoms. The highest BCUT2D eigenvalue weighted by atomic mass is 32.1. The molecule has 0 radical (unpaired) electrons. The van der Waals surface area contributed by atoms with Gasteiger partial charge in [-0.3, -0.25) is 0 Å². The first-order chi connectivity index (χ1) is 12.1. The molecule has 1 aliphatic rings. The third-order valence-corrected chi connectivity index (χ3v) is 5.21. The molecule has 0 aliphatic heterocycles. The Balaban J connectivity index is 2.54. The summed E-state index contributed by atoms with van der Waals surface area (Å²) in [5, 5.41) is 11.0. The fraction of sp³-hybridized carbons (Fsp3) is 0.500. The molecule has 0 saturated heterocycles. The number of hydrogen-bond donors (Lipinski definition) is 1. The van der Waals surface area contributed by atoms with Crippen molar-refractivity contribution in [1.29, 1.82) is 0 Å². The molecule has 0 heterocycles. The van der Waals surface area contributed by atoms with Crippen LogP contribution >= 0.6 is 12.2 Å². The summed E-state index contributed by atoms with van der Waals surface area (Å²) in [5.74, 6) is 0.283. The monoisotopic (exact) mass is 396 g/mol. The molecule has 0 spiro atoms. The smallest absolute Gasteiger partial charge is 0.416 e. The van der Waals surface area contributed by atoms with Gasteiger partial charge in [0.1, 0.15) is 5.76 Å². The Kier molecular flexibility index (Phi) is 5.69. The van der Waals surface area contributed by atoms with Gasteiger partial charge in [-0.1, -0.05) is 65.9 Å². The van der Waals surface area contributed by atoms with Crippen LogP contribution in [0, 0.1) is 10.8 Å². The van der Waals surface area contributed by atoms with Gasteiger partial charge in [0.05, 0.1) is 5.56 Å². The molecule has 0 bridgehead atoms. The summed E-state index contributed by atoms with van der Waals surface area (Å²) in [5.41, 5.74) is 2.07. The van der Waals surface area contributed by atoms with Gasteiger partial charge < -0.3 is 5.11 Å². The quantitative estimate of drug-likeness (QED) is 0.532. The van der Waals surface area contributed by atoms with Crippen LogP contribution in [-0.4, -0.2) is 9.97 Å². The number of hydrogen-bond acceptors (Lipinski definition) is 2. The summed E-state index contributed by atoms with van der Waals surface area (Å²) in [6.07, 6.45) is -3.44. The van der Waals surface area contributed by atoms with Gasteiger partial charge >= 0.3 is 6.18 Å². The predicted octanol–water partition coefficient (Wildman–Crippen LogP) is 7.22. The molecule has 0 unspecified atom stereocenters. The second-order valence-corrected chi connectivity index (χ2v) is 9.64. The number of allylic oxidation sites excluding steroid dienone is 3. The maximum absolute atomic E-state index is 12.8. The molecule has 1 aromatic carbocycles. The third kappa shape index (κ3) is 4.81. The van der Waals surface area contributed by atoms with Crippen LogP contribution in [0.5, 0.6) is 0 Å². The van der Waals surface area contributed by atoms with Crippen LogP contribution in [0.2, 0.25) is 0 Å². The summed E-state index contributed by atoms with van der Waals surface area (Å²) < 4.78 is 38.4. The zero-order valence-corrected chi connectivity index (χ0v) is 17.5. The lowest BCUT2D eigenvalue weighted by atomic mass is 9.70. The van der Waals surface area contributed by atoms with E-state index in [-0.39, 0.29) is 16.6 Å². The molecule has 0 atom stereocenters. The van der Waals surface area contributed by atoms with Crippen LogP contribution in [0.3, 0.4) is 0 Å². The first-order valence-corrected chi connectivity index (χ1v) is 9.39. The zero-order valence-electron chi connectivity index (χ0n) is 16.7. The Morgan fingerprint density at radius 2 is 1.44 bits per heavy atom. The van der Waals surface area contributed by atoms with E-state index in [1.54, 1.807) is 0 Å². The van der Waals surface area contributed by atoms with E-state index in [0.29, 0.717) is 12.8 Å². The lowest BCUT2D eigenvalue weighted by Crippen LogP contribution is -2.28. The molecular weight excluding hydrogens is 369 g/mol. The lowest BCUT2D eigenvalue weighted by Gasteiger charge is -2.36. The molecule has 2 rings (SSSR count). The second-order valence-electron chi connectivity index (χ2n) is 9.15. The van der Waals surface area contributed by atoms with Gasteiger partial charge in [-0.15, -0.1) is 0 Å². The average Bonchev–Trinajstić information content (AvgIpc) is 2.47. The standard InChI is InChI=1S/C22H27F3OS/c1-20(2,3)16-12-17(27)15(18(19(16)26)21(4,5)6)11-13-7-9-14(10-8-13)22(23,24)25/h7-10,26H,11-12H2,1-6H3. The van der Waals surface area contributed by atoms with E-state index in [1.807, 2.05) is 41.5 Å². The second kappa shape index (κ2) is 7.08. The minimum absolute atomic E-state index is 0.218. The number of aliphatic hydroxyl groups excluding tert-OH is 1. The van der Waals surface area contributed by atoms with Crippen molar-refractivity contribution in [1.82, 2.24) is 0 Å².